The fourth-order valence-electron chi connectivity index (χ4n) is 8.11. The van der Waals surface area contributed by atoms with E-state index in [2.05, 4.69) is 111 Å². The molecule has 0 saturated carbocycles. The molecule has 0 aliphatic carbocycles. The second-order valence-corrected chi connectivity index (χ2v) is 22.5. The Morgan fingerprint density at radius 2 is 0.865 bits per heavy atom. The Bertz CT molecular complexity index is 1590. The summed E-state index contributed by atoms with van der Waals surface area (Å²) in [7, 11) is 1.15. The summed E-state index contributed by atoms with van der Waals surface area (Å²) in [6, 6.07) is -0.912. The van der Waals surface area contributed by atoms with Crippen LogP contribution < -0.4 is 10.2 Å². The van der Waals surface area contributed by atoms with Crippen LogP contribution in [0.15, 0.2) is 97.2 Å². The lowest BCUT2D eigenvalue weighted by Gasteiger charge is -2.30. The topological polar surface area (TPSA) is 114 Å². The molecule has 10 heteroatoms. The normalized spacial score (nSPS) is 14.4. The number of carbonyl (C=O) groups is 2. The molecule has 74 heavy (non-hydrogen) atoms. The predicted octanol–water partition coefficient (Wildman–Crippen LogP) is 17.8. The van der Waals surface area contributed by atoms with Crippen LogP contribution in [0, 0.1) is 0 Å². The molecule has 1 N–H and O–H groups in total. The zero-order valence-corrected chi connectivity index (χ0v) is 49.4. The second-order valence-electron chi connectivity index (χ2n) is 21.1. The fraction of sp³-hybridized carbons (Fsp3) is 0.719. The first-order valence-electron chi connectivity index (χ1n) is 30.0. The van der Waals surface area contributed by atoms with Gasteiger partial charge < -0.3 is 28.5 Å². The van der Waals surface area contributed by atoms with Crippen LogP contribution in [-0.2, 0) is 27.9 Å². The van der Waals surface area contributed by atoms with Crippen LogP contribution in [-0.4, -0.2) is 69.4 Å². The first-order valence-corrected chi connectivity index (χ1v) is 31.5. The highest BCUT2D eigenvalue weighted by Crippen LogP contribution is 2.38. The molecule has 0 heterocycles. The van der Waals surface area contributed by atoms with E-state index in [0.717, 1.165) is 109 Å². The van der Waals surface area contributed by atoms with Crippen LogP contribution in [0.4, 0.5) is 0 Å². The molecule has 0 aliphatic rings. The first-order chi connectivity index (χ1) is 35.9. The summed E-state index contributed by atoms with van der Waals surface area (Å²) in [6.07, 6.45) is 70.9. The van der Waals surface area contributed by atoms with Gasteiger partial charge in [-0.15, -0.1) is 0 Å². The highest BCUT2D eigenvalue weighted by Gasteiger charge is 2.27. The molecule has 3 unspecified atom stereocenters. The number of esters is 1. The smallest absolute Gasteiger partial charge is 0.306 e. The van der Waals surface area contributed by atoms with E-state index < -0.39 is 26.6 Å². The summed E-state index contributed by atoms with van der Waals surface area (Å²) in [6.45, 7) is 6.67. The number of unbranched alkanes of at least 4 members (excludes halogenated alkanes) is 23. The minimum atomic E-state index is -4.71. The number of hydrogen-bond donors (Lipinski definition) is 1. The Kier molecular flexibility index (Phi) is 51.1. The molecule has 0 aromatic carbocycles. The number of ether oxygens (including phenoxy) is 1. The number of rotatable bonds is 53. The van der Waals surface area contributed by atoms with E-state index in [4.69, 9.17) is 13.8 Å². The highest BCUT2D eigenvalue weighted by atomic mass is 31.2. The summed E-state index contributed by atoms with van der Waals surface area (Å²) in [4.78, 5) is 39.9. The Hall–Kier alpha value is -3.07. The molecule has 0 aromatic heterocycles. The Morgan fingerprint density at radius 1 is 0.486 bits per heavy atom. The molecule has 0 fully saturated rings. The van der Waals surface area contributed by atoms with Crippen molar-refractivity contribution in [2.45, 2.75) is 258 Å². The lowest BCUT2D eigenvalue weighted by molar-refractivity contribution is -0.870. The maximum Gasteiger partial charge on any atom is 0.306 e. The van der Waals surface area contributed by atoms with Gasteiger partial charge in [-0.3, -0.25) is 14.2 Å². The van der Waals surface area contributed by atoms with Crippen LogP contribution in [0.1, 0.15) is 245 Å². The van der Waals surface area contributed by atoms with Gasteiger partial charge in [0.2, 0.25) is 5.91 Å². The summed E-state index contributed by atoms with van der Waals surface area (Å²) < 4.78 is 30.2. The van der Waals surface area contributed by atoms with Gasteiger partial charge in [-0.2, -0.15) is 0 Å². The van der Waals surface area contributed by atoms with Gasteiger partial charge in [0.05, 0.1) is 33.8 Å². The Labute approximate surface area is 456 Å². The maximum absolute atomic E-state index is 13.5. The number of hydrogen-bond acceptors (Lipinski definition) is 7. The Balaban J connectivity index is 5.32. The van der Waals surface area contributed by atoms with Crippen molar-refractivity contribution in [1.82, 2.24) is 5.32 Å². The maximum atomic E-state index is 13.5. The van der Waals surface area contributed by atoms with E-state index >= 15 is 0 Å². The lowest BCUT2D eigenvalue weighted by Crippen LogP contribution is -2.47. The van der Waals surface area contributed by atoms with E-state index in [-0.39, 0.29) is 31.3 Å². The van der Waals surface area contributed by atoms with Crippen LogP contribution in [0.25, 0.3) is 0 Å². The van der Waals surface area contributed by atoms with Gasteiger partial charge >= 0.3 is 5.97 Å². The number of carbonyl (C=O) groups excluding carboxylic acids is 2. The SMILES string of the molecule is CC/C=C\C/C=C\C/C=C\C/C=C\C/C=C\C/C=C\CCCCCCC(=O)NC(COP(=O)([O-])OCC[N+](C)(C)C)C(/C=C\CCCCCCCCCCCC)OC(=O)CCCCC/C=C\CCCCCCCC. The van der Waals surface area contributed by atoms with Gasteiger partial charge in [0.1, 0.15) is 19.3 Å². The van der Waals surface area contributed by atoms with Crippen molar-refractivity contribution in [2.75, 3.05) is 40.9 Å². The van der Waals surface area contributed by atoms with E-state index in [1.165, 1.54) is 89.9 Å². The Morgan fingerprint density at radius 3 is 1.32 bits per heavy atom. The summed E-state index contributed by atoms with van der Waals surface area (Å²) in [5.41, 5.74) is 0. The van der Waals surface area contributed by atoms with E-state index in [9.17, 15) is 19.0 Å². The average Bonchev–Trinajstić information content (AvgIpc) is 3.36. The van der Waals surface area contributed by atoms with Gasteiger partial charge in [0.15, 0.2) is 0 Å². The van der Waals surface area contributed by atoms with Crippen molar-refractivity contribution in [3.8, 4) is 0 Å². The largest absolute Gasteiger partial charge is 0.756 e. The minimum Gasteiger partial charge on any atom is -0.756 e. The number of phosphoric ester groups is 1. The quantitative estimate of drug-likeness (QED) is 0.0212. The summed E-state index contributed by atoms with van der Waals surface area (Å²) in [5, 5.41) is 3.00. The third kappa shape index (κ3) is 53.7. The van der Waals surface area contributed by atoms with Gasteiger partial charge in [-0.1, -0.05) is 221 Å². The van der Waals surface area contributed by atoms with Crippen LogP contribution >= 0.6 is 7.82 Å². The third-order valence-corrected chi connectivity index (χ3v) is 13.7. The predicted molar refractivity (Wildman–Crippen MR) is 316 cm³/mol. The molecule has 426 valence electrons. The van der Waals surface area contributed by atoms with Gasteiger partial charge in [0, 0.05) is 12.8 Å². The molecule has 0 bridgehead atoms. The van der Waals surface area contributed by atoms with Crippen molar-refractivity contribution in [2.24, 2.45) is 0 Å². The molecule has 0 radical (unpaired) electrons. The number of phosphoric acid groups is 1. The minimum absolute atomic E-state index is 0.0342. The summed E-state index contributed by atoms with van der Waals surface area (Å²) >= 11 is 0. The van der Waals surface area contributed by atoms with Crippen LogP contribution in [0.2, 0.25) is 0 Å². The monoisotopic (exact) mass is 1050 g/mol. The van der Waals surface area contributed by atoms with Crippen LogP contribution in [0.3, 0.4) is 0 Å². The number of amides is 1. The van der Waals surface area contributed by atoms with E-state index in [1.807, 2.05) is 33.3 Å². The first kappa shape index (κ1) is 70.9. The number of allylic oxidation sites excluding steroid dienone is 15. The molecule has 0 aliphatic heterocycles. The van der Waals surface area contributed by atoms with Crippen molar-refractivity contribution in [3.05, 3.63) is 97.2 Å². The van der Waals surface area contributed by atoms with E-state index in [0.29, 0.717) is 23.9 Å². The van der Waals surface area contributed by atoms with Crippen LogP contribution in [0.5, 0.6) is 0 Å². The second kappa shape index (κ2) is 53.3. The number of nitrogens with one attached hydrogen (secondary N) is 1. The molecule has 1 amide bonds. The van der Waals surface area contributed by atoms with Crippen molar-refractivity contribution < 1.29 is 37.3 Å². The average molecular weight is 1050 g/mol. The van der Waals surface area contributed by atoms with Gasteiger partial charge in [-0.05, 0) is 109 Å². The number of nitrogens with zero attached hydrogens (tertiary/aromatic N) is 1. The number of quaternary nitrogens is 1. The fourth-order valence-corrected chi connectivity index (χ4v) is 8.83. The highest BCUT2D eigenvalue weighted by molar-refractivity contribution is 7.45. The van der Waals surface area contributed by atoms with Crippen molar-refractivity contribution in [3.63, 3.8) is 0 Å². The zero-order chi connectivity index (χ0) is 54.3. The van der Waals surface area contributed by atoms with Crippen molar-refractivity contribution in [1.29, 1.82) is 0 Å². The molecule has 9 nitrogen and oxygen atoms in total. The van der Waals surface area contributed by atoms with E-state index in [1.54, 1.807) is 0 Å². The molecule has 0 rings (SSSR count). The number of likely N-dealkylation sites (N-methyl/N-ethyl adjacent to an activating group) is 1. The zero-order valence-electron chi connectivity index (χ0n) is 48.5. The molecular formula is C64H113N2O7P. The van der Waals surface area contributed by atoms with Crippen molar-refractivity contribution >= 4 is 19.7 Å². The molecule has 0 spiro atoms. The molecule has 0 saturated heterocycles. The third-order valence-electron chi connectivity index (χ3n) is 12.7. The lowest BCUT2D eigenvalue weighted by atomic mass is 10.0. The molecular weight excluding hydrogens is 940 g/mol. The molecule has 3 atom stereocenters. The van der Waals surface area contributed by atoms with Gasteiger partial charge in [-0.25, -0.2) is 0 Å². The standard InChI is InChI=1S/C64H113N2O7P/c1-7-10-13-16-19-22-25-28-29-30-31-32-33-34-35-36-37-39-41-44-47-50-53-56-63(67)65-61(60-72-74(69,70)71-59-58-66(4,5)6)62(55-52-49-46-43-40-27-24-21-18-15-12-9-3)73-64(68)57-54-51-48-45-42-38-26-23-20-17-14-11-8-2/h10,13,19,22,28-29,31-32,34-35,37-39,42,52,55,61-62H,7-9,11-12,14-18,20-21,23-27,30,33,36,40-41,43-51,53-54,56-60H2,1-6H3,(H-,65,67,69,70)/b13-10-,22-19-,29-28-,32-31-,35-34-,39-37-,42-38-,55-52-. The molecule has 0 aromatic rings. The summed E-state index contributed by atoms with van der Waals surface area (Å²) in [5.74, 6) is -0.594. The van der Waals surface area contributed by atoms with Gasteiger partial charge in [0.25, 0.3) is 7.82 Å².